The first-order valence-electron chi connectivity index (χ1n) is 2.50. The summed E-state index contributed by atoms with van der Waals surface area (Å²) in [6, 6.07) is 5.72. The molecular formula is C7H6BrNS. The van der Waals surface area contributed by atoms with Crippen molar-refractivity contribution in [1.29, 1.82) is 5.26 Å². The maximum Gasteiger partial charge on any atom is 0.0905 e. The third-order valence-corrected chi connectivity index (χ3v) is 2.06. The molecule has 0 aromatic carbocycles. The summed E-state index contributed by atoms with van der Waals surface area (Å²) in [4.78, 5) is 0. The summed E-state index contributed by atoms with van der Waals surface area (Å²) in [6.45, 7) is 3.12. The minimum absolute atomic E-state index is 1.18. The number of nitriles is 1. The molecule has 1 heterocycles. The number of hydrogen-bond acceptors (Lipinski definition) is 2. The first kappa shape index (κ1) is 9.41. The fourth-order valence-corrected chi connectivity index (χ4v) is 1.18. The minimum Gasteiger partial charge on any atom is -0.193 e. The monoisotopic (exact) mass is 215 g/mol. The molecule has 1 nitrogen and oxygen atoms in total. The molecule has 0 bridgehead atoms. The Hall–Kier alpha value is -0.590. The SMILES string of the molecule is Brc1cccs1.C=CC#N. The molecular weight excluding hydrogens is 210 g/mol. The van der Waals surface area contributed by atoms with Crippen molar-refractivity contribution in [3.8, 4) is 6.07 Å². The third-order valence-electron chi connectivity index (χ3n) is 0.578. The van der Waals surface area contributed by atoms with Gasteiger partial charge in [-0.3, -0.25) is 0 Å². The Morgan fingerprint density at radius 2 is 2.40 bits per heavy atom. The predicted octanol–water partition coefficient (Wildman–Crippen LogP) is 3.21. The summed E-state index contributed by atoms with van der Waals surface area (Å²) in [5.74, 6) is 0. The molecule has 1 rings (SSSR count). The first-order valence-corrected chi connectivity index (χ1v) is 4.18. The van der Waals surface area contributed by atoms with Gasteiger partial charge in [0, 0.05) is 6.08 Å². The zero-order valence-corrected chi connectivity index (χ0v) is 7.65. The highest BCUT2D eigenvalue weighted by atomic mass is 79.9. The van der Waals surface area contributed by atoms with Gasteiger partial charge in [-0.15, -0.1) is 11.3 Å². The Kier molecular flexibility index (Phi) is 6.14. The highest BCUT2D eigenvalue weighted by Gasteiger charge is 1.77. The van der Waals surface area contributed by atoms with Crippen LogP contribution in [0.5, 0.6) is 0 Å². The van der Waals surface area contributed by atoms with Crippen LogP contribution < -0.4 is 0 Å². The van der Waals surface area contributed by atoms with Crippen molar-refractivity contribution in [3.05, 3.63) is 34.0 Å². The van der Waals surface area contributed by atoms with Gasteiger partial charge in [0.2, 0.25) is 0 Å². The van der Waals surface area contributed by atoms with E-state index >= 15 is 0 Å². The topological polar surface area (TPSA) is 23.8 Å². The van der Waals surface area contributed by atoms with E-state index in [4.69, 9.17) is 5.26 Å². The van der Waals surface area contributed by atoms with E-state index in [1.807, 2.05) is 17.5 Å². The van der Waals surface area contributed by atoms with Gasteiger partial charge in [0.1, 0.15) is 0 Å². The molecule has 0 saturated carbocycles. The van der Waals surface area contributed by atoms with E-state index in [1.54, 1.807) is 17.4 Å². The van der Waals surface area contributed by atoms with Gasteiger partial charge in [-0.1, -0.05) is 12.6 Å². The Labute approximate surface area is 72.7 Å². The number of nitrogens with zero attached hydrogens (tertiary/aromatic N) is 1. The molecule has 0 atom stereocenters. The fraction of sp³-hybridized carbons (Fsp3) is 0. The van der Waals surface area contributed by atoms with Crippen molar-refractivity contribution >= 4 is 27.3 Å². The van der Waals surface area contributed by atoms with E-state index in [2.05, 4.69) is 22.5 Å². The molecule has 0 saturated heterocycles. The highest BCUT2D eigenvalue weighted by Crippen LogP contribution is 2.14. The lowest BCUT2D eigenvalue weighted by molar-refractivity contribution is 1.54. The lowest BCUT2D eigenvalue weighted by Crippen LogP contribution is -1.29. The van der Waals surface area contributed by atoms with Gasteiger partial charge in [-0.05, 0) is 27.4 Å². The van der Waals surface area contributed by atoms with Crippen LogP contribution in [0.4, 0.5) is 0 Å². The molecule has 0 unspecified atom stereocenters. The van der Waals surface area contributed by atoms with Crippen LogP contribution in [0, 0.1) is 11.3 Å². The summed E-state index contributed by atoms with van der Waals surface area (Å²) in [5, 5.41) is 9.54. The van der Waals surface area contributed by atoms with Crippen molar-refractivity contribution in [2.45, 2.75) is 0 Å². The smallest absolute Gasteiger partial charge is 0.0905 e. The molecule has 0 amide bonds. The molecule has 0 radical (unpaired) electrons. The molecule has 0 N–H and O–H groups in total. The normalized spacial score (nSPS) is 6.80. The van der Waals surface area contributed by atoms with E-state index in [9.17, 15) is 0 Å². The number of thiophene rings is 1. The second-order valence-corrected chi connectivity index (χ2v) is 3.58. The molecule has 0 aliphatic heterocycles. The van der Waals surface area contributed by atoms with Gasteiger partial charge in [0.05, 0.1) is 9.86 Å². The second kappa shape index (κ2) is 6.53. The summed E-state index contributed by atoms with van der Waals surface area (Å²) >= 11 is 4.99. The van der Waals surface area contributed by atoms with Crippen LogP contribution in [0.1, 0.15) is 0 Å². The van der Waals surface area contributed by atoms with Gasteiger partial charge in [-0.25, -0.2) is 0 Å². The molecule has 1 aromatic heterocycles. The average molecular weight is 216 g/mol. The third kappa shape index (κ3) is 5.54. The van der Waals surface area contributed by atoms with E-state index in [0.29, 0.717) is 0 Å². The number of hydrogen-bond donors (Lipinski definition) is 0. The largest absolute Gasteiger partial charge is 0.193 e. The van der Waals surface area contributed by atoms with Gasteiger partial charge >= 0.3 is 0 Å². The Morgan fingerprint density at radius 3 is 2.50 bits per heavy atom. The van der Waals surface area contributed by atoms with Gasteiger partial charge in [0.25, 0.3) is 0 Å². The minimum atomic E-state index is 1.18. The number of rotatable bonds is 0. The molecule has 1 aromatic rings. The van der Waals surface area contributed by atoms with Gasteiger partial charge in [-0.2, -0.15) is 5.26 Å². The Morgan fingerprint density at radius 1 is 1.80 bits per heavy atom. The quantitative estimate of drug-likeness (QED) is 0.611. The lowest BCUT2D eigenvalue weighted by Gasteiger charge is -1.62. The van der Waals surface area contributed by atoms with E-state index < -0.39 is 0 Å². The lowest BCUT2D eigenvalue weighted by atomic mass is 10.7. The highest BCUT2D eigenvalue weighted by molar-refractivity contribution is 9.11. The van der Waals surface area contributed by atoms with Crippen LogP contribution in [0.25, 0.3) is 0 Å². The van der Waals surface area contributed by atoms with E-state index in [-0.39, 0.29) is 0 Å². The molecule has 0 spiro atoms. The zero-order valence-electron chi connectivity index (χ0n) is 5.25. The molecule has 0 aliphatic rings. The van der Waals surface area contributed by atoms with Crippen molar-refractivity contribution in [1.82, 2.24) is 0 Å². The van der Waals surface area contributed by atoms with Crippen molar-refractivity contribution in [3.63, 3.8) is 0 Å². The van der Waals surface area contributed by atoms with Crippen molar-refractivity contribution in [2.24, 2.45) is 0 Å². The van der Waals surface area contributed by atoms with Crippen molar-refractivity contribution in [2.75, 3.05) is 0 Å². The average Bonchev–Trinajstić information content (AvgIpc) is 2.40. The number of halogens is 1. The standard InChI is InChI=1S/C4H3BrS.C3H3N/c5-4-2-1-3-6-4;1-2-3-4/h1-3H;2H,1H2. The van der Waals surface area contributed by atoms with Gasteiger partial charge in [0.15, 0.2) is 0 Å². The van der Waals surface area contributed by atoms with Gasteiger partial charge < -0.3 is 0 Å². The number of allylic oxidation sites excluding steroid dienone is 1. The maximum atomic E-state index is 7.51. The van der Waals surface area contributed by atoms with Crippen LogP contribution in [0.15, 0.2) is 34.0 Å². The van der Waals surface area contributed by atoms with E-state index in [0.717, 1.165) is 0 Å². The van der Waals surface area contributed by atoms with Crippen molar-refractivity contribution < 1.29 is 0 Å². The van der Waals surface area contributed by atoms with Crippen LogP contribution in [-0.2, 0) is 0 Å². The fourth-order valence-electron chi connectivity index (χ4n) is 0.259. The molecule has 0 aliphatic carbocycles. The van der Waals surface area contributed by atoms with Crippen LogP contribution >= 0.6 is 27.3 Å². The second-order valence-electron chi connectivity index (χ2n) is 1.25. The van der Waals surface area contributed by atoms with Crippen LogP contribution in [0.2, 0.25) is 0 Å². The Bertz CT molecular complexity index is 210. The molecule has 52 valence electrons. The zero-order chi connectivity index (χ0) is 7.82. The first-order chi connectivity index (χ1) is 4.81. The summed E-state index contributed by atoms with van der Waals surface area (Å²) in [6.07, 6.45) is 1.18. The molecule has 10 heavy (non-hydrogen) atoms. The van der Waals surface area contributed by atoms with Crippen LogP contribution in [-0.4, -0.2) is 0 Å². The molecule has 3 heteroatoms. The molecule has 0 fully saturated rings. The summed E-state index contributed by atoms with van der Waals surface area (Å²) in [5.41, 5.74) is 0. The summed E-state index contributed by atoms with van der Waals surface area (Å²) in [7, 11) is 0. The predicted molar refractivity (Wildman–Crippen MR) is 47.8 cm³/mol. The Balaban J connectivity index is 0.000000180. The summed E-state index contributed by atoms with van der Waals surface area (Å²) < 4.78 is 1.20. The van der Waals surface area contributed by atoms with E-state index in [1.165, 1.54) is 9.86 Å². The maximum absolute atomic E-state index is 7.51. The van der Waals surface area contributed by atoms with Crippen LogP contribution in [0.3, 0.4) is 0 Å².